The minimum atomic E-state index is -0.762. The number of esters is 1. The molecule has 0 radical (unpaired) electrons. The third-order valence-corrected chi connectivity index (χ3v) is 4.90. The summed E-state index contributed by atoms with van der Waals surface area (Å²) in [6, 6.07) is 0. The molecule has 194 valence electrons. The van der Waals surface area contributed by atoms with E-state index in [-0.39, 0.29) is 43.7 Å². The Morgan fingerprint density at radius 2 is 1.24 bits per heavy atom. The zero-order valence-electron chi connectivity index (χ0n) is 21.6. The monoisotopic (exact) mass is 484 g/mol. The molecule has 2 aliphatic rings. The quantitative estimate of drug-likeness (QED) is 0.332. The lowest BCUT2D eigenvalue weighted by atomic mass is 10.00. The molecular formula is C24H40N2O8. The highest BCUT2D eigenvalue weighted by Crippen LogP contribution is 2.18. The number of hydrogen-bond acceptors (Lipinski definition) is 8. The van der Waals surface area contributed by atoms with Gasteiger partial charge in [-0.3, -0.25) is 14.4 Å². The van der Waals surface area contributed by atoms with Gasteiger partial charge in [-0.1, -0.05) is 0 Å². The third kappa shape index (κ3) is 11.0. The lowest BCUT2D eigenvalue weighted by Crippen LogP contribution is -2.41. The highest BCUT2D eigenvalue weighted by atomic mass is 16.6. The highest BCUT2D eigenvalue weighted by molar-refractivity contribution is 5.99. The molecule has 0 N–H and O–H groups in total. The van der Waals surface area contributed by atoms with Crippen LogP contribution in [0.3, 0.4) is 0 Å². The molecule has 0 aromatic carbocycles. The van der Waals surface area contributed by atoms with Crippen molar-refractivity contribution >= 4 is 29.7 Å². The van der Waals surface area contributed by atoms with E-state index in [9.17, 15) is 24.0 Å². The van der Waals surface area contributed by atoms with Crippen molar-refractivity contribution in [2.75, 3.05) is 32.8 Å². The molecule has 0 aromatic rings. The molecule has 2 heterocycles. The second-order valence-electron chi connectivity index (χ2n) is 10.3. The summed E-state index contributed by atoms with van der Waals surface area (Å²) in [6.45, 7) is 14.4. The molecule has 1 unspecified atom stereocenters. The average Bonchev–Trinajstić information content (AvgIpc) is 2.88. The molecule has 2 rings (SSSR count). The van der Waals surface area contributed by atoms with Crippen molar-refractivity contribution in [1.29, 1.82) is 0 Å². The number of piperidine rings is 1. The molecule has 2 amide bonds. The van der Waals surface area contributed by atoms with Gasteiger partial charge in [-0.05, 0) is 54.9 Å². The molecule has 0 bridgehead atoms. The minimum Gasteiger partial charge on any atom is -0.465 e. The number of rotatable bonds is 2. The van der Waals surface area contributed by atoms with E-state index < -0.39 is 29.2 Å². The van der Waals surface area contributed by atoms with Crippen LogP contribution >= 0.6 is 0 Å². The topological polar surface area (TPSA) is 120 Å². The molecule has 0 spiro atoms. The smallest absolute Gasteiger partial charge is 0.410 e. The van der Waals surface area contributed by atoms with Gasteiger partial charge in [0.05, 0.1) is 6.61 Å². The summed E-state index contributed by atoms with van der Waals surface area (Å²) in [5.41, 5.74) is -1.04. The second kappa shape index (κ2) is 12.7. The van der Waals surface area contributed by atoms with Gasteiger partial charge in [0.1, 0.15) is 28.7 Å². The van der Waals surface area contributed by atoms with Gasteiger partial charge in [-0.15, -0.1) is 0 Å². The number of likely N-dealkylation sites (tertiary alicyclic amines) is 2. The predicted octanol–water partition coefficient (Wildman–Crippen LogP) is 3.35. The second-order valence-corrected chi connectivity index (χ2v) is 10.3. The molecule has 0 saturated carbocycles. The van der Waals surface area contributed by atoms with E-state index in [2.05, 4.69) is 0 Å². The van der Waals surface area contributed by atoms with E-state index in [1.165, 1.54) is 4.90 Å². The number of carbonyl (C=O) groups excluding carboxylic acids is 5. The Kier molecular flexibility index (Phi) is 11.0. The Morgan fingerprint density at radius 3 is 1.68 bits per heavy atom. The number of carbonyl (C=O) groups is 5. The van der Waals surface area contributed by atoms with Gasteiger partial charge in [0.2, 0.25) is 0 Å². The van der Waals surface area contributed by atoms with Crippen molar-refractivity contribution in [1.82, 2.24) is 9.80 Å². The largest absolute Gasteiger partial charge is 0.465 e. The van der Waals surface area contributed by atoms with Crippen LogP contribution in [-0.2, 0) is 28.6 Å². The summed E-state index contributed by atoms with van der Waals surface area (Å²) in [4.78, 5) is 61.1. The van der Waals surface area contributed by atoms with Crippen molar-refractivity contribution in [2.45, 2.75) is 85.4 Å². The predicted molar refractivity (Wildman–Crippen MR) is 124 cm³/mol. The van der Waals surface area contributed by atoms with Gasteiger partial charge in [0, 0.05) is 45.4 Å². The molecule has 34 heavy (non-hydrogen) atoms. The van der Waals surface area contributed by atoms with Gasteiger partial charge in [0.25, 0.3) is 0 Å². The van der Waals surface area contributed by atoms with Crippen LogP contribution in [0.4, 0.5) is 9.59 Å². The maximum atomic E-state index is 12.0. The average molecular weight is 485 g/mol. The molecule has 2 aliphatic heterocycles. The van der Waals surface area contributed by atoms with Crippen molar-refractivity contribution in [3.63, 3.8) is 0 Å². The summed E-state index contributed by atoms with van der Waals surface area (Å²) in [6.07, 6.45) is 0.595. The van der Waals surface area contributed by atoms with E-state index in [4.69, 9.17) is 14.2 Å². The lowest BCUT2D eigenvalue weighted by Gasteiger charge is -2.29. The van der Waals surface area contributed by atoms with Crippen molar-refractivity contribution in [2.24, 2.45) is 5.92 Å². The Hall–Kier alpha value is -2.65. The van der Waals surface area contributed by atoms with Gasteiger partial charge in [0.15, 0.2) is 0 Å². The number of ether oxygens (including phenoxy) is 3. The van der Waals surface area contributed by atoms with Crippen molar-refractivity contribution < 1.29 is 38.2 Å². The van der Waals surface area contributed by atoms with Crippen LogP contribution in [0.15, 0.2) is 0 Å². The van der Waals surface area contributed by atoms with E-state index in [1.807, 2.05) is 20.8 Å². The lowest BCUT2D eigenvalue weighted by molar-refractivity contribution is -0.151. The van der Waals surface area contributed by atoms with E-state index in [0.717, 1.165) is 0 Å². The van der Waals surface area contributed by atoms with Gasteiger partial charge in [-0.25, -0.2) is 9.59 Å². The van der Waals surface area contributed by atoms with Crippen LogP contribution in [0.25, 0.3) is 0 Å². The fourth-order valence-corrected chi connectivity index (χ4v) is 3.24. The fourth-order valence-electron chi connectivity index (χ4n) is 3.24. The number of amides is 2. The maximum Gasteiger partial charge on any atom is 0.410 e. The molecule has 10 heteroatoms. The Labute approximate surface area is 202 Å². The molecule has 0 aliphatic carbocycles. The number of Topliss-reactive ketones (excluding diaryl/α,β-unsaturated/α-hetero) is 2. The molecule has 2 saturated heterocycles. The van der Waals surface area contributed by atoms with Crippen molar-refractivity contribution in [3.05, 3.63) is 0 Å². The first-order valence-corrected chi connectivity index (χ1v) is 11.8. The fraction of sp³-hybridized carbons (Fsp3) is 0.792. The van der Waals surface area contributed by atoms with Gasteiger partial charge < -0.3 is 24.0 Å². The Bertz CT molecular complexity index is 741. The van der Waals surface area contributed by atoms with Crippen LogP contribution in [0.1, 0.15) is 74.1 Å². The van der Waals surface area contributed by atoms with E-state index in [1.54, 1.807) is 32.6 Å². The van der Waals surface area contributed by atoms with Crippen LogP contribution in [0, 0.1) is 5.92 Å². The van der Waals surface area contributed by atoms with Crippen LogP contribution in [0.5, 0.6) is 0 Å². The number of hydrogen-bond donors (Lipinski definition) is 0. The molecule has 1 atom stereocenters. The minimum absolute atomic E-state index is 0.155. The van der Waals surface area contributed by atoms with E-state index >= 15 is 0 Å². The first-order chi connectivity index (χ1) is 15.6. The normalized spacial score (nSPS) is 19.4. The maximum absolute atomic E-state index is 12.0. The first kappa shape index (κ1) is 29.4. The summed E-state index contributed by atoms with van der Waals surface area (Å²) >= 11 is 0. The summed E-state index contributed by atoms with van der Waals surface area (Å²) in [5.74, 6) is -1.20. The van der Waals surface area contributed by atoms with Crippen LogP contribution in [-0.4, -0.2) is 83.5 Å². The molecule has 2 fully saturated rings. The third-order valence-electron chi connectivity index (χ3n) is 4.90. The number of nitrogens with zero attached hydrogens (tertiary/aromatic N) is 2. The van der Waals surface area contributed by atoms with Crippen molar-refractivity contribution in [3.8, 4) is 0 Å². The van der Waals surface area contributed by atoms with Gasteiger partial charge in [-0.2, -0.15) is 0 Å². The highest BCUT2D eigenvalue weighted by Gasteiger charge is 2.33. The summed E-state index contributed by atoms with van der Waals surface area (Å²) < 4.78 is 15.3. The standard InChI is InChI=1S/C14H23NO5.C10H17NO3/c1-5-19-12(17)10-6-8-15(9-7-11(10)16)13(18)20-14(2,3)4;1-10(2,3)14-9(13)11-6-4-8(12)5-7-11/h10H,5-9H2,1-4H3;4-7H2,1-3H3. The molecular weight excluding hydrogens is 444 g/mol. The summed E-state index contributed by atoms with van der Waals surface area (Å²) in [7, 11) is 0. The first-order valence-electron chi connectivity index (χ1n) is 11.8. The van der Waals surface area contributed by atoms with Crippen LogP contribution in [0.2, 0.25) is 0 Å². The van der Waals surface area contributed by atoms with Gasteiger partial charge >= 0.3 is 18.2 Å². The van der Waals surface area contributed by atoms with Crippen LogP contribution < -0.4 is 0 Å². The molecule has 10 nitrogen and oxygen atoms in total. The Morgan fingerprint density at radius 1 is 0.794 bits per heavy atom. The molecule has 0 aromatic heterocycles. The number of ketones is 2. The zero-order chi connectivity index (χ0) is 26.1. The SMILES string of the molecule is CC(C)(C)OC(=O)N1CCC(=O)CC1.CCOC(=O)C1CCN(C(=O)OC(C)(C)C)CCC1=O. The summed E-state index contributed by atoms with van der Waals surface area (Å²) in [5, 5.41) is 0. The Balaban J connectivity index is 0.000000362. The zero-order valence-corrected chi connectivity index (χ0v) is 21.6. The van der Waals surface area contributed by atoms with E-state index in [0.29, 0.717) is 32.5 Å².